The fraction of sp³-hybridized carbons (Fsp3) is 0.611. The number of hydrogen-bond donors (Lipinski definition) is 2. The number of carbonyl (C=O) groups excluding carboxylic acids is 1. The van der Waals surface area contributed by atoms with E-state index in [4.69, 9.17) is 4.74 Å². The van der Waals surface area contributed by atoms with E-state index < -0.39 is 0 Å². The number of nitrogens with one attached hydrogen (secondary N) is 2. The Bertz CT molecular complexity index is 538. The Hall–Kier alpha value is -1.55. The molecule has 0 bridgehead atoms. The summed E-state index contributed by atoms with van der Waals surface area (Å²) < 4.78 is 5.91. The molecule has 3 rings (SSSR count). The van der Waals surface area contributed by atoms with Crippen LogP contribution in [-0.2, 0) is 4.79 Å². The number of rotatable bonds is 5. The summed E-state index contributed by atoms with van der Waals surface area (Å²) in [5.41, 5.74) is 1.42. The molecule has 0 radical (unpaired) electrons. The van der Waals surface area contributed by atoms with Gasteiger partial charge in [-0.1, -0.05) is 18.2 Å². The van der Waals surface area contributed by atoms with E-state index in [0.717, 1.165) is 43.7 Å². The molecule has 1 aliphatic heterocycles. The monoisotopic (exact) mass is 302 g/mol. The quantitative estimate of drug-likeness (QED) is 0.877. The van der Waals surface area contributed by atoms with Gasteiger partial charge in [0.1, 0.15) is 11.9 Å². The van der Waals surface area contributed by atoms with Crippen LogP contribution in [0.25, 0.3) is 0 Å². The van der Waals surface area contributed by atoms with Crippen LogP contribution in [0.4, 0.5) is 0 Å². The third-order valence-electron chi connectivity index (χ3n) is 5.09. The van der Waals surface area contributed by atoms with Crippen molar-refractivity contribution in [2.45, 2.75) is 39.2 Å². The molecule has 2 fully saturated rings. The van der Waals surface area contributed by atoms with Crippen LogP contribution in [0.2, 0.25) is 0 Å². The van der Waals surface area contributed by atoms with Crippen molar-refractivity contribution in [1.29, 1.82) is 0 Å². The first kappa shape index (κ1) is 15.3. The van der Waals surface area contributed by atoms with Gasteiger partial charge in [0.25, 0.3) is 0 Å². The van der Waals surface area contributed by atoms with E-state index in [-0.39, 0.29) is 17.9 Å². The van der Waals surface area contributed by atoms with Crippen LogP contribution >= 0.6 is 0 Å². The van der Waals surface area contributed by atoms with Gasteiger partial charge in [0.2, 0.25) is 5.91 Å². The number of carbonyl (C=O) groups is 1. The molecule has 22 heavy (non-hydrogen) atoms. The topological polar surface area (TPSA) is 50.4 Å². The highest BCUT2D eigenvalue weighted by Crippen LogP contribution is 2.58. The normalized spacial score (nSPS) is 23.8. The first-order valence-corrected chi connectivity index (χ1v) is 8.31. The molecule has 2 N–H and O–H groups in total. The molecular formula is C18H26N2O2. The Kier molecular flexibility index (Phi) is 4.39. The van der Waals surface area contributed by atoms with Crippen molar-refractivity contribution in [2.75, 3.05) is 19.6 Å². The zero-order valence-electron chi connectivity index (χ0n) is 13.5. The Morgan fingerprint density at radius 2 is 2.14 bits per heavy atom. The molecule has 1 aliphatic carbocycles. The van der Waals surface area contributed by atoms with Gasteiger partial charge in [0, 0.05) is 5.92 Å². The molecule has 1 aromatic carbocycles. The number of aryl methyl sites for hydroxylation is 1. The van der Waals surface area contributed by atoms with Crippen molar-refractivity contribution in [3.63, 3.8) is 0 Å². The predicted molar refractivity (Wildman–Crippen MR) is 86.9 cm³/mol. The van der Waals surface area contributed by atoms with Crippen molar-refractivity contribution >= 4 is 5.91 Å². The Labute approximate surface area is 132 Å². The van der Waals surface area contributed by atoms with Crippen LogP contribution < -0.4 is 15.4 Å². The van der Waals surface area contributed by atoms with Gasteiger partial charge in [-0.25, -0.2) is 0 Å². The van der Waals surface area contributed by atoms with E-state index in [1.807, 2.05) is 38.1 Å². The van der Waals surface area contributed by atoms with Crippen LogP contribution in [0.1, 0.15) is 31.7 Å². The maximum absolute atomic E-state index is 12.3. The van der Waals surface area contributed by atoms with Crippen molar-refractivity contribution in [2.24, 2.45) is 11.3 Å². The van der Waals surface area contributed by atoms with Gasteiger partial charge in [-0.2, -0.15) is 0 Å². The average molecular weight is 302 g/mol. The maximum atomic E-state index is 12.3. The van der Waals surface area contributed by atoms with Crippen molar-refractivity contribution in [3.8, 4) is 5.75 Å². The lowest BCUT2D eigenvalue weighted by Crippen LogP contribution is -2.37. The van der Waals surface area contributed by atoms with Gasteiger partial charge in [0.05, 0.1) is 6.54 Å². The number of ether oxygens (including phenoxy) is 1. The van der Waals surface area contributed by atoms with Crippen molar-refractivity contribution in [3.05, 3.63) is 29.8 Å². The molecule has 1 amide bonds. The summed E-state index contributed by atoms with van der Waals surface area (Å²) in [4.78, 5) is 12.3. The minimum Gasteiger partial charge on any atom is -0.489 e. The van der Waals surface area contributed by atoms with Gasteiger partial charge in [-0.15, -0.1) is 0 Å². The molecule has 1 aromatic rings. The van der Waals surface area contributed by atoms with Crippen LogP contribution in [0.5, 0.6) is 5.75 Å². The third kappa shape index (κ3) is 3.27. The summed E-state index contributed by atoms with van der Waals surface area (Å²) in [5, 5.41) is 6.44. The second-order valence-electron chi connectivity index (χ2n) is 6.81. The number of piperidine rings is 1. The van der Waals surface area contributed by atoms with Crippen LogP contribution in [0.3, 0.4) is 0 Å². The van der Waals surface area contributed by atoms with Crippen LogP contribution in [0, 0.1) is 18.3 Å². The summed E-state index contributed by atoms with van der Waals surface area (Å²) in [6.45, 7) is 6.71. The predicted octanol–water partition coefficient (Wildman–Crippen LogP) is 2.27. The Morgan fingerprint density at radius 3 is 2.86 bits per heavy atom. The molecular weight excluding hydrogens is 276 g/mol. The van der Waals surface area contributed by atoms with Crippen molar-refractivity contribution in [1.82, 2.24) is 10.6 Å². The molecule has 4 nitrogen and oxygen atoms in total. The van der Waals surface area contributed by atoms with E-state index in [2.05, 4.69) is 10.6 Å². The summed E-state index contributed by atoms with van der Waals surface area (Å²) in [7, 11) is 0. The molecule has 4 heteroatoms. The van der Waals surface area contributed by atoms with Gasteiger partial charge in [-0.3, -0.25) is 4.79 Å². The maximum Gasteiger partial charge on any atom is 0.223 e. The highest BCUT2D eigenvalue weighted by molar-refractivity contribution is 5.82. The molecule has 2 atom stereocenters. The van der Waals surface area contributed by atoms with E-state index in [1.54, 1.807) is 0 Å². The van der Waals surface area contributed by atoms with Gasteiger partial charge in [0.15, 0.2) is 0 Å². The third-order valence-corrected chi connectivity index (χ3v) is 5.09. The molecule has 2 unspecified atom stereocenters. The lowest BCUT2D eigenvalue weighted by molar-refractivity contribution is -0.123. The minimum absolute atomic E-state index is 0.0206. The molecule has 1 spiro atoms. The lowest BCUT2D eigenvalue weighted by Gasteiger charge is -2.23. The van der Waals surface area contributed by atoms with Gasteiger partial charge >= 0.3 is 0 Å². The van der Waals surface area contributed by atoms with Crippen LogP contribution in [-0.4, -0.2) is 31.6 Å². The fourth-order valence-electron chi connectivity index (χ4n) is 3.51. The standard InChI is InChI=1S/C18H26N2O2/c1-13-5-3-4-6-16(13)22-14(2)12-20-17(21)15-11-18(15)7-9-19-10-8-18/h3-6,14-15,19H,7-12H2,1-2H3,(H,20,21). The first-order valence-electron chi connectivity index (χ1n) is 8.31. The summed E-state index contributed by atoms with van der Waals surface area (Å²) in [6, 6.07) is 7.98. The summed E-state index contributed by atoms with van der Waals surface area (Å²) >= 11 is 0. The second kappa shape index (κ2) is 6.29. The van der Waals surface area contributed by atoms with E-state index in [1.165, 1.54) is 0 Å². The smallest absolute Gasteiger partial charge is 0.223 e. The Balaban J connectivity index is 1.44. The summed E-state index contributed by atoms with van der Waals surface area (Å²) in [6.07, 6.45) is 3.32. The van der Waals surface area contributed by atoms with Crippen LogP contribution in [0.15, 0.2) is 24.3 Å². The molecule has 1 saturated heterocycles. The number of amides is 1. The minimum atomic E-state index is -0.0206. The fourth-order valence-corrected chi connectivity index (χ4v) is 3.51. The number of para-hydroxylation sites is 1. The molecule has 2 aliphatic rings. The molecule has 1 saturated carbocycles. The first-order chi connectivity index (χ1) is 10.6. The number of benzene rings is 1. The van der Waals surface area contributed by atoms with E-state index in [0.29, 0.717) is 12.0 Å². The van der Waals surface area contributed by atoms with E-state index in [9.17, 15) is 4.79 Å². The Morgan fingerprint density at radius 1 is 1.41 bits per heavy atom. The molecule has 1 heterocycles. The van der Waals surface area contributed by atoms with Gasteiger partial charge < -0.3 is 15.4 Å². The molecule has 120 valence electrons. The van der Waals surface area contributed by atoms with E-state index >= 15 is 0 Å². The number of hydrogen-bond acceptors (Lipinski definition) is 3. The average Bonchev–Trinajstić information content (AvgIpc) is 3.21. The lowest BCUT2D eigenvalue weighted by atomic mass is 9.92. The SMILES string of the molecule is Cc1ccccc1OC(C)CNC(=O)C1CC12CCNCC2. The highest BCUT2D eigenvalue weighted by atomic mass is 16.5. The second-order valence-corrected chi connectivity index (χ2v) is 6.81. The zero-order valence-corrected chi connectivity index (χ0v) is 13.5. The summed E-state index contributed by atoms with van der Waals surface area (Å²) in [5.74, 6) is 1.33. The van der Waals surface area contributed by atoms with Gasteiger partial charge in [-0.05, 0) is 63.2 Å². The van der Waals surface area contributed by atoms with Crippen molar-refractivity contribution < 1.29 is 9.53 Å². The zero-order chi connectivity index (χ0) is 15.6. The highest BCUT2D eigenvalue weighted by Gasteiger charge is 2.57. The molecule has 0 aromatic heterocycles. The largest absolute Gasteiger partial charge is 0.489 e.